The van der Waals surface area contributed by atoms with Crippen molar-refractivity contribution in [2.45, 2.75) is 87.2 Å². The third kappa shape index (κ3) is 24.4. The molecule has 1 aliphatic rings. The van der Waals surface area contributed by atoms with E-state index in [9.17, 15) is 39.3 Å². The van der Waals surface area contributed by atoms with Gasteiger partial charge >= 0.3 is 5.97 Å². The minimum atomic E-state index is -1.75. The predicted octanol–water partition coefficient (Wildman–Crippen LogP) is 14.1. The summed E-state index contributed by atoms with van der Waals surface area (Å²) in [4.78, 5) is 64.8. The van der Waals surface area contributed by atoms with Crippen LogP contribution in [-0.4, -0.2) is 48.6 Å². The summed E-state index contributed by atoms with van der Waals surface area (Å²) in [6, 6.07) is 112. The first-order valence-corrected chi connectivity index (χ1v) is 34.5. The average Bonchev–Trinajstić information content (AvgIpc) is 1.17. The van der Waals surface area contributed by atoms with E-state index in [1.807, 2.05) is 30.3 Å². The van der Waals surface area contributed by atoms with Crippen molar-refractivity contribution < 1.29 is 48.8 Å². The van der Waals surface area contributed by atoms with Crippen LogP contribution >= 0.6 is 11.8 Å². The van der Waals surface area contributed by atoms with Crippen LogP contribution in [-0.2, 0) is 56.6 Å². The lowest BCUT2D eigenvalue weighted by molar-refractivity contribution is -0.304. The zero-order valence-corrected chi connectivity index (χ0v) is 54.5. The van der Waals surface area contributed by atoms with Gasteiger partial charge in [-0.3, -0.25) is 4.79 Å². The zero-order valence-electron chi connectivity index (χ0n) is 51.2. The Hall–Kier alpha value is -9.83. The summed E-state index contributed by atoms with van der Waals surface area (Å²) >= 11 is 1.27. The Kier molecular flexibility index (Phi) is 30.5. The van der Waals surface area contributed by atoms with Crippen molar-refractivity contribution in [3.8, 4) is 5.75 Å². The van der Waals surface area contributed by atoms with Gasteiger partial charge in [-0.15, -0.1) is 11.8 Å². The third-order valence-electron chi connectivity index (χ3n) is 13.4. The number of Topliss-reactive ketones (excluding diaryl/α,β-unsaturated/α-hetero) is 1. The molecule has 0 radical (unpaired) electrons. The molecule has 14 heteroatoms. The number of aliphatic carboxylic acids is 3. The Labute approximate surface area is 558 Å². The summed E-state index contributed by atoms with van der Waals surface area (Å²) in [5, 5.41) is 30.2. The van der Waals surface area contributed by atoms with Crippen LogP contribution in [0.15, 0.2) is 377 Å². The lowest BCUT2D eigenvalue weighted by atomic mass is 9.98. The predicted molar refractivity (Wildman–Crippen MR) is 367 cm³/mol. The molecule has 0 aromatic heterocycles. The lowest BCUT2D eigenvalue weighted by Crippen LogP contribution is -2.36. The Morgan fingerprint density at radius 3 is 0.839 bits per heavy atom. The molecule has 0 aliphatic heterocycles. The SMILES string of the molecule is COc1ccc(C(=O)C(=O)[O-])cc1.O=C([O-])C(=O)OC1CCCCC1.O=C([O-])CSc1ccccc1.c1ccc([S+](c2ccccc2)c2ccccc2)cc1.c1ccc([S+](c2ccccc2)c2ccccc2)cc1.c1ccc([S+](c2ccccc2)c2ccccc2)cc1. The molecule has 1 aliphatic carbocycles. The van der Waals surface area contributed by atoms with Crippen LogP contribution in [0.4, 0.5) is 0 Å². The molecule has 10 nitrogen and oxygen atoms in total. The molecule has 0 N–H and O–H groups in total. The van der Waals surface area contributed by atoms with Gasteiger partial charge in [0.15, 0.2) is 50.0 Å². The fourth-order valence-electron chi connectivity index (χ4n) is 9.14. The number of hydrogen-bond donors (Lipinski definition) is 0. The second kappa shape index (κ2) is 40.1. The van der Waals surface area contributed by atoms with E-state index in [4.69, 9.17) is 4.74 Å². The van der Waals surface area contributed by atoms with Crippen LogP contribution in [0.2, 0.25) is 0 Å². The van der Waals surface area contributed by atoms with Gasteiger partial charge < -0.3 is 39.2 Å². The van der Waals surface area contributed by atoms with Gasteiger partial charge in [-0.05, 0) is 171 Å². The molecule has 0 spiro atoms. The first kappa shape index (κ1) is 70.6. The quantitative estimate of drug-likeness (QED) is 0.0296. The highest BCUT2D eigenvalue weighted by molar-refractivity contribution is 8.00. The summed E-state index contributed by atoms with van der Waals surface area (Å²) in [6.45, 7) is 0. The maximum absolute atomic E-state index is 10.8. The lowest BCUT2D eigenvalue weighted by Gasteiger charge is -2.21. The Bertz CT molecular complexity index is 3340. The van der Waals surface area contributed by atoms with Crippen molar-refractivity contribution in [1.82, 2.24) is 0 Å². The van der Waals surface area contributed by atoms with Gasteiger partial charge in [0.2, 0.25) is 5.78 Å². The van der Waals surface area contributed by atoms with Gasteiger partial charge in [-0.25, -0.2) is 4.79 Å². The number of esters is 1. The Morgan fingerprint density at radius 2 is 0.613 bits per heavy atom. The maximum Gasteiger partial charge on any atom is 0.354 e. The average molecular weight is 1310 g/mol. The smallest absolute Gasteiger partial charge is 0.354 e. The number of carboxylic acids is 3. The molecule has 0 amide bonds. The molecule has 0 unspecified atom stereocenters. The monoisotopic (exact) mass is 1310 g/mol. The first-order valence-electron chi connectivity index (χ1n) is 29.9. The van der Waals surface area contributed by atoms with Crippen LogP contribution in [0.1, 0.15) is 42.5 Å². The normalized spacial score (nSPS) is 11.3. The summed E-state index contributed by atoms with van der Waals surface area (Å²) in [5.41, 5.74) is 0.0841. The van der Waals surface area contributed by atoms with E-state index < -0.39 is 29.7 Å². The number of carbonyl (C=O) groups excluding carboxylic acids is 5. The summed E-state index contributed by atoms with van der Waals surface area (Å²) in [5.74, 6) is -6.16. The van der Waals surface area contributed by atoms with Crippen molar-refractivity contribution in [2.24, 2.45) is 0 Å². The van der Waals surface area contributed by atoms with E-state index in [0.717, 1.165) is 37.0 Å². The van der Waals surface area contributed by atoms with Gasteiger partial charge in [0.25, 0.3) is 0 Å². The van der Waals surface area contributed by atoms with Crippen LogP contribution in [0.5, 0.6) is 5.75 Å². The number of methoxy groups -OCH3 is 1. The number of ketones is 1. The molecule has 12 rings (SSSR count). The molecule has 470 valence electrons. The van der Waals surface area contributed by atoms with Crippen LogP contribution in [0.25, 0.3) is 0 Å². The number of carbonyl (C=O) groups is 5. The molecule has 0 saturated heterocycles. The van der Waals surface area contributed by atoms with Crippen LogP contribution in [0.3, 0.4) is 0 Å². The number of ether oxygens (including phenoxy) is 2. The topological polar surface area (TPSA) is 173 Å². The number of benzene rings is 11. The van der Waals surface area contributed by atoms with Crippen molar-refractivity contribution in [1.29, 1.82) is 0 Å². The minimum absolute atomic E-state index is 0.0146. The fourth-order valence-corrected chi connectivity index (χ4v) is 16.1. The van der Waals surface area contributed by atoms with E-state index in [0.29, 0.717) is 5.75 Å². The molecule has 1 fully saturated rings. The number of carboxylic acid groups (broad SMARTS) is 3. The van der Waals surface area contributed by atoms with Gasteiger partial charge in [0.1, 0.15) is 17.8 Å². The zero-order chi connectivity index (χ0) is 65.7. The highest BCUT2D eigenvalue weighted by atomic mass is 32.2. The van der Waals surface area contributed by atoms with Crippen molar-refractivity contribution in [3.63, 3.8) is 0 Å². The van der Waals surface area contributed by atoms with Crippen molar-refractivity contribution in [3.05, 3.63) is 333 Å². The minimum Gasteiger partial charge on any atom is -0.549 e. The highest BCUT2D eigenvalue weighted by Gasteiger charge is 2.30. The van der Waals surface area contributed by atoms with E-state index >= 15 is 0 Å². The molecule has 1 saturated carbocycles. The molecular formula is C79H70O10S4. The van der Waals surface area contributed by atoms with Gasteiger partial charge in [-0.1, -0.05) is 188 Å². The van der Waals surface area contributed by atoms with E-state index in [-0.39, 0.29) is 50.1 Å². The molecular weight excluding hydrogens is 1240 g/mol. The van der Waals surface area contributed by atoms with Gasteiger partial charge in [0.05, 0.1) is 45.8 Å². The number of hydrogen-bond acceptors (Lipinski definition) is 11. The van der Waals surface area contributed by atoms with Crippen molar-refractivity contribution in [2.75, 3.05) is 12.9 Å². The van der Waals surface area contributed by atoms with E-state index in [1.165, 1.54) is 87.2 Å². The van der Waals surface area contributed by atoms with Gasteiger partial charge in [0, 0.05) is 16.2 Å². The largest absolute Gasteiger partial charge is 0.549 e. The first-order chi connectivity index (χ1) is 45.5. The molecule has 93 heavy (non-hydrogen) atoms. The Balaban J connectivity index is 0.000000160. The summed E-state index contributed by atoms with van der Waals surface area (Å²) in [6.07, 6.45) is 4.50. The van der Waals surface area contributed by atoms with Crippen LogP contribution in [0, 0.1) is 0 Å². The molecule has 0 atom stereocenters. The molecule has 11 aromatic rings. The maximum atomic E-state index is 10.8. The van der Waals surface area contributed by atoms with Crippen LogP contribution < -0.4 is 20.1 Å². The highest BCUT2D eigenvalue weighted by Crippen LogP contribution is 2.33. The number of rotatable bonds is 16. The van der Waals surface area contributed by atoms with Gasteiger partial charge in [-0.2, -0.15) is 0 Å². The summed E-state index contributed by atoms with van der Waals surface area (Å²) < 4.78 is 9.49. The standard InChI is InChI=1S/3C18H15S.C9H8O4.C8H12O4.C8H8O2S/c3*1-4-10-16(11-5-1)19(17-12-6-2-7-13-17)18-14-8-3-9-15-18;1-13-7-4-2-6(3-5-7)8(10)9(11)12;9-7(10)8(11)12-6-4-2-1-3-5-6;9-8(10)6-11-7-4-2-1-3-5-7/h3*1-15H;2-5H,1H3,(H,11,12);6H,1-5H2,(H,9,10);1-5H,6H2,(H,9,10)/q3*+1;;;/p-3. The van der Waals surface area contributed by atoms with Crippen molar-refractivity contribution >= 4 is 74.1 Å². The third-order valence-corrected chi connectivity index (χ3v) is 21.1. The summed E-state index contributed by atoms with van der Waals surface area (Å²) in [7, 11) is 1.44. The second-order valence-electron chi connectivity index (χ2n) is 20.0. The van der Waals surface area contributed by atoms with E-state index in [2.05, 4.69) is 278 Å². The molecule has 11 aromatic carbocycles. The Morgan fingerprint density at radius 1 is 0.355 bits per heavy atom. The van der Waals surface area contributed by atoms with E-state index in [1.54, 1.807) is 0 Å². The molecule has 0 heterocycles. The second-order valence-corrected chi connectivity index (χ2v) is 27.1. The number of thioether (sulfide) groups is 1. The fraction of sp³-hybridized carbons (Fsp3) is 0.101. The molecule has 0 bridgehead atoms.